The van der Waals surface area contributed by atoms with Crippen molar-refractivity contribution < 1.29 is 4.79 Å². The lowest BCUT2D eigenvalue weighted by Crippen LogP contribution is -2.53. The van der Waals surface area contributed by atoms with Crippen molar-refractivity contribution in [2.24, 2.45) is 5.41 Å². The van der Waals surface area contributed by atoms with E-state index in [-0.39, 0.29) is 5.41 Å². The molecule has 0 N–H and O–H groups in total. The number of piperazine rings is 1. The molecule has 0 atom stereocenters. The minimum Gasteiger partial charge on any atom is -0.340 e. The van der Waals surface area contributed by atoms with Gasteiger partial charge in [-0.3, -0.25) is 9.69 Å². The summed E-state index contributed by atoms with van der Waals surface area (Å²) in [5.41, 5.74) is 0.106. The molecule has 0 aromatic carbocycles. The van der Waals surface area contributed by atoms with Crippen LogP contribution in [0.1, 0.15) is 40.0 Å². The summed E-state index contributed by atoms with van der Waals surface area (Å²) in [6, 6.07) is 0.779. The fourth-order valence-electron chi connectivity index (χ4n) is 2.95. The summed E-state index contributed by atoms with van der Waals surface area (Å²) < 4.78 is 0. The maximum Gasteiger partial charge on any atom is 0.223 e. The number of carbonyl (C=O) groups excluding carboxylic acids is 1. The Morgan fingerprint density at radius 1 is 1.11 bits per heavy atom. The average Bonchev–Trinajstić information content (AvgIpc) is 2.38. The molecule has 2 heterocycles. The summed E-state index contributed by atoms with van der Waals surface area (Å²) in [5, 5.41) is 0. The average molecular weight is 284 g/mol. The Labute approximate surface area is 122 Å². The molecule has 110 valence electrons. The molecule has 4 heteroatoms. The third-order valence-corrected chi connectivity index (χ3v) is 5.10. The zero-order valence-corrected chi connectivity index (χ0v) is 13.5. The normalized spacial score (nSPS) is 23.6. The van der Waals surface area contributed by atoms with Crippen LogP contribution in [0.15, 0.2) is 0 Å². The van der Waals surface area contributed by atoms with Gasteiger partial charge in [-0.15, -0.1) is 0 Å². The van der Waals surface area contributed by atoms with Gasteiger partial charge in [0.1, 0.15) is 0 Å². The number of nitrogens with zero attached hydrogens (tertiary/aromatic N) is 2. The van der Waals surface area contributed by atoms with Crippen molar-refractivity contribution >= 4 is 17.7 Å². The van der Waals surface area contributed by atoms with Crippen LogP contribution in [-0.2, 0) is 4.79 Å². The van der Waals surface area contributed by atoms with E-state index in [1.54, 1.807) is 0 Å². The molecule has 0 unspecified atom stereocenters. The van der Waals surface area contributed by atoms with Gasteiger partial charge in [-0.25, -0.2) is 0 Å². The van der Waals surface area contributed by atoms with E-state index in [1.165, 1.54) is 24.3 Å². The van der Waals surface area contributed by atoms with Crippen LogP contribution in [0.25, 0.3) is 0 Å². The molecule has 0 aliphatic carbocycles. The van der Waals surface area contributed by atoms with Gasteiger partial charge in [0.15, 0.2) is 0 Å². The van der Waals surface area contributed by atoms with E-state index < -0.39 is 0 Å². The van der Waals surface area contributed by atoms with Crippen LogP contribution in [0.2, 0.25) is 0 Å². The zero-order chi connectivity index (χ0) is 13.9. The number of thioether (sulfide) groups is 1. The Hall–Kier alpha value is -0.220. The summed E-state index contributed by atoms with van der Waals surface area (Å²) in [5.74, 6) is 2.97. The Morgan fingerprint density at radius 2 is 1.68 bits per heavy atom. The molecule has 2 fully saturated rings. The van der Waals surface area contributed by atoms with Gasteiger partial charge in [-0.1, -0.05) is 20.8 Å². The Morgan fingerprint density at radius 3 is 2.21 bits per heavy atom. The van der Waals surface area contributed by atoms with Gasteiger partial charge in [0, 0.05) is 38.6 Å². The van der Waals surface area contributed by atoms with Gasteiger partial charge in [-0.2, -0.15) is 11.8 Å². The highest BCUT2D eigenvalue weighted by Gasteiger charge is 2.28. The summed E-state index contributed by atoms with van der Waals surface area (Å²) in [6.45, 7) is 10.4. The predicted octanol–water partition coefficient (Wildman–Crippen LogP) is 2.46. The van der Waals surface area contributed by atoms with Crippen molar-refractivity contribution in [1.82, 2.24) is 9.80 Å². The first kappa shape index (κ1) is 15.2. The molecule has 3 nitrogen and oxygen atoms in total. The molecule has 0 saturated carbocycles. The van der Waals surface area contributed by atoms with Crippen LogP contribution >= 0.6 is 11.8 Å². The molecule has 2 rings (SSSR count). The van der Waals surface area contributed by atoms with Crippen LogP contribution in [0, 0.1) is 5.41 Å². The molecule has 2 aliphatic rings. The third-order valence-electron chi connectivity index (χ3n) is 4.06. The van der Waals surface area contributed by atoms with Crippen molar-refractivity contribution in [3.63, 3.8) is 0 Å². The maximum absolute atomic E-state index is 12.2. The van der Waals surface area contributed by atoms with Gasteiger partial charge in [0.25, 0.3) is 0 Å². The van der Waals surface area contributed by atoms with E-state index in [2.05, 4.69) is 42.3 Å². The molecule has 2 saturated heterocycles. The van der Waals surface area contributed by atoms with Crippen molar-refractivity contribution in [1.29, 1.82) is 0 Å². The van der Waals surface area contributed by atoms with Crippen molar-refractivity contribution in [2.75, 3.05) is 37.7 Å². The summed E-state index contributed by atoms with van der Waals surface area (Å²) >= 11 is 2.08. The molecule has 1 amide bonds. The van der Waals surface area contributed by atoms with E-state index in [4.69, 9.17) is 0 Å². The summed E-state index contributed by atoms with van der Waals surface area (Å²) in [7, 11) is 0. The largest absolute Gasteiger partial charge is 0.340 e. The fraction of sp³-hybridized carbons (Fsp3) is 0.933. The highest BCUT2D eigenvalue weighted by Crippen LogP contribution is 2.24. The number of hydrogen-bond donors (Lipinski definition) is 0. The monoisotopic (exact) mass is 284 g/mol. The molecule has 0 aromatic rings. The molecule has 0 radical (unpaired) electrons. The zero-order valence-electron chi connectivity index (χ0n) is 12.7. The van der Waals surface area contributed by atoms with Crippen molar-refractivity contribution in [2.45, 2.75) is 46.1 Å². The fourth-order valence-corrected chi connectivity index (χ4v) is 4.03. The van der Waals surface area contributed by atoms with E-state index in [9.17, 15) is 4.79 Å². The maximum atomic E-state index is 12.2. The van der Waals surface area contributed by atoms with E-state index in [1.807, 2.05) is 0 Å². The molecular formula is C15H28N2OS. The number of rotatable bonds is 2. The van der Waals surface area contributed by atoms with Gasteiger partial charge in [-0.05, 0) is 29.8 Å². The quantitative estimate of drug-likeness (QED) is 0.778. The minimum atomic E-state index is 0.106. The number of hydrogen-bond acceptors (Lipinski definition) is 3. The van der Waals surface area contributed by atoms with Crippen molar-refractivity contribution in [3.05, 3.63) is 0 Å². The van der Waals surface area contributed by atoms with Gasteiger partial charge < -0.3 is 4.90 Å². The molecule has 0 aromatic heterocycles. The van der Waals surface area contributed by atoms with Crippen molar-refractivity contribution in [3.8, 4) is 0 Å². The van der Waals surface area contributed by atoms with E-state index in [0.717, 1.165) is 32.2 Å². The SMILES string of the molecule is CC(C)(C)CC(=O)N1CCN(C2CCSCC2)CC1. The van der Waals surface area contributed by atoms with Gasteiger partial charge in [0.2, 0.25) is 5.91 Å². The summed E-state index contributed by atoms with van der Waals surface area (Å²) in [4.78, 5) is 16.9. The van der Waals surface area contributed by atoms with Crippen LogP contribution < -0.4 is 0 Å². The topological polar surface area (TPSA) is 23.6 Å². The predicted molar refractivity (Wildman–Crippen MR) is 82.6 cm³/mol. The van der Waals surface area contributed by atoms with Gasteiger partial charge in [0.05, 0.1) is 0 Å². The second-order valence-electron chi connectivity index (χ2n) is 7.00. The second-order valence-corrected chi connectivity index (χ2v) is 8.22. The Bertz CT molecular complexity index is 300. The first-order valence-corrected chi connectivity index (χ1v) is 8.71. The standard InChI is InChI=1S/C15H28N2OS/c1-15(2,3)12-14(18)17-8-6-16(7-9-17)13-4-10-19-11-5-13/h13H,4-12H2,1-3H3. The lowest BCUT2D eigenvalue weighted by atomic mass is 9.91. The highest BCUT2D eigenvalue weighted by molar-refractivity contribution is 7.99. The molecule has 2 aliphatic heterocycles. The highest BCUT2D eigenvalue weighted by atomic mass is 32.2. The number of amides is 1. The van der Waals surface area contributed by atoms with Crippen LogP contribution in [-0.4, -0.2) is 59.4 Å². The van der Waals surface area contributed by atoms with Gasteiger partial charge >= 0.3 is 0 Å². The van der Waals surface area contributed by atoms with Crippen LogP contribution in [0.4, 0.5) is 0 Å². The molecular weight excluding hydrogens is 256 g/mol. The smallest absolute Gasteiger partial charge is 0.223 e. The first-order valence-electron chi connectivity index (χ1n) is 7.55. The lowest BCUT2D eigenvalue weighted by Gasteiger charge is -2.41. The van der Waals surface area contributed by atoms with Crippen LogP contribution in [0.5, 0.6) is 0 Å². The minimum absolute atomic E-state index is 0.106. The van der Waals surface area contributed by atoms with Crippen LogP contribution in [0.3, 0.4) is 0 Å². The van der Waals surface area contributed by atoms with E-state index >= 15 is 0 Å². The summed E-state index contributed by atoms with van der Waals surface area (Å²) in [6.07, 6.45) is 3.34. The lowest BCUT2D eigenvalue weighted by molar-refractivity contribution is -0.135. The van der Waals surface area contributed by atoms with E-state index in [0.29, 0.717) is 12.3 Å². The third kappa shape index (κ3) is 4.67. The Kier molecular flexibility index (Phi) is 5.18. The molecule has 0 spiro atoms. The molecule has 0 bridgehead atoms. The first-order chi connectivity index (χ1) is 8.96. The second kappa shape index (κ2) is 6.49. The Balaban J connectivity index is 1.77. The number of carbonyl (C=O) groups is 1. The molecule has 19 heavy (non-hydrogen) atoms.